The van der Waals surface area contributed by atoms with E-state index >= 15 is 0 Å². The van der Waals surface area contributed by atoms with Crippen LogP contribution in [0.5, 0.6) is 5.75 Å². The Morgan fingerprint density at radius 1 is 1.00 bits per heavy atom. The lowest BCUT2D eigenvalue weighted by molar-refractivity contribution is -0.116. The van der Waals surface area contributed by atoms with Crippen molar-refractivity contribution in [3.63, 3.8) is 0 Å². The monoisotopic (exact) mass is 278 g/mol. The SMILES string of the molecule is COc1ccc([C@@H]2CCC(c3ccccc3)=CC2=O)cc1. The largest absolute Gasteiger partial charge is 0.497 e. The van der Waals surface area contributed by atoms with Gasteiger partial charge in [-0.3, -0.25) is 4.79 Å². The van der Waals surface area contributed by atoms with Crippen LogP contribution in [0.15, 0.2) is 60.7 Å². The fourth-order valence-corrected chi connectivity index (χ4v) is 2.83. The normalized spacial score (nSPS) is 18.2. The van der Waals surface area contributed by atoms with Crippen molar-refractivity contribution >= 4 is 11.4 Å². The number of carbonyl (C=O) groups excluding carboxylic acids is 1. The van der Waals surface area contributed by atoms with Crippen molar-refractivity contribution in [1.29, 1.82) is 0 Å². The van der Waals surface area contributed by atoms with Gasteiger partial charge in [0.05, 0.1) is 7.11 Å². The molecule has 2 nitrogen and oxygen atoms in total. The van der Waals surface area contributed by atoms with Gasteiger partial charge in [0.25, 0.3) is 0 Å². The average molecular weight is 278 g/mol. The molecule has 0 aliphatic heterocycles. The summed E-state index contributed by atoms with van der Waals surface area (Å²) in [5.41, 5.74) is 3.37. The molecular formula is C19H18O2. The predicted molar refractivity (Wildman–Crippen MR) is 84.4 cm³/mol. The second kappa shape index (κ2) is 5.96. The molecule has 106 valence electrons. The summed E-state index contributed by atoms with van der Waals surface area (Å²) in [7, 11) is 1.65. The molecule has 0 saturated carbocycles. The van der Waals surface area contributed by atoms with Crippen LogP contribution in [0.1, 0.15) is 29.9 Å². The molecule has 0 bridgehead atoms. The van der Waals surface area contributed by atoms with E-state index in [1.54, 1.807) is 7.11 Å². The maximum absolute atomic E-state index is 12.4. The van der Waals surface area contributed by atoms with Crippen LogP contribution in [0.25, 0.3) is 5.57 Å². The molecular weight excluding hydrogens is 260 g/mol. The average Bonchev–Trinajstić information content (AvgIpc) is 2.56. The summed E-state index contributed by atoms with van der Waals surface area (Å²) < 4.78 is 5.16. The van der Waals surface area contributed by atoms with Gasteiger partial charge in [-0.2, -0.15) is 0 Å². The van der Waals surface area contributed by atoms with E-state index < -0.39 is 0 Å². The van der Waals surface area contributed by atoms with E-state index in [2.05, 4.69) is 12.1 Å². The van der Waals surface area contributed by atoms with Gasteiger partial charge >= 0.3 is 0 Å². The third kappa shape index (κ3) is 2.89. The first-order chi connectivity index (χ1) is 10.3. The zero-order valence-electron chi connectivity index (χ0n) is 12.1. The molecule has 3 rings (SSSR count). The summed E-state index contributed by atoms with van der Waals surface area (Å²) in [6.45, 7) is 0. The molecule has 2 aromatic carbocycles. The number of benzene rings is 2. The van der Waals surface area contributed by atoms with Crippen molar-refractivity contribution in [3.8, 4) is 5.75 Å². The number of hydrogen-bond donors (Lipinski definition) is 0. The molecule has 0 fully saturated rings. The Bertz CT molecular complexity index is 654. The second-order valence-electron chi connectivity index (χ2n) is 5.30. The fraction of sp³-hybridized carbons (Fsp3) is 0.211. The minimum atomic E-state index is -0.0247. The maximum Gasteiger partial charge on any atom is 0.163 e. The molecule has 0 N–H and O–H groups in total. The molecule has 2 heteroatoms. The van der Waals surface area contributed by atoms with Gasteiger partial charge in [-0.1, -0.05) is 42.5 Å². The van der Waals surface area contributed by atoms with Crippen LogP contribution in [-0.4, -0.2) is 12.9 Å². The lowest BCUT2D eigenvalue weighted by atomic mass is 9.82. The number of carbonyl (C=O) groups is 1. The lowest BCUT2D eigenvalue weighted by Gasteiger charge is -2.21. The van der Waals surface area contributed by atoms with E-state index in [9.17, 15) is 4.79 Å². The van der Waals surface area contributed by atoms with Crippen LogP contribution in [-0.2, 0) is 4.79 Å². The van der Waals surface area contributed by atoms with Crippen molar-refractivity contribution in [2.24, 2.45) is 0 Å². The molecule has 0 aromatic heterocycles. The van der Waals surface area contributed by atoms with Gasteiger partial charge in [-0.15, -0.1) is 0 Å². The van der Waals surface area contributed by atoms with Gasteiger partial charge in [0, 0.05) is 5.92 Å². The third-order valence-corrected chi connectivity index (χ3v) is 4.03. The van der Waals surface area contributed by atoms with Crippen molar-refractivity contribution in [1.82, 2.24) is 0 Å². The molecule has 1 atom stereocenters. The number of rotatable bonds is 3. The Labute approximate surface area is 125 Å². The summed E-state index contributed by atoms with van der Waals surface area (Å²) in [6.07, 6.45) is 3.62. The number of allylic oxidation sites excluding steroid dienone is 2. The highest BCUT2D eigenvalue weighted by molar-refractivity contribution is 6.02. The van der Waals surface area contributed by atoms with Crippen molar-refractivity contribution in [3.05, 3.63) is 71.8 Å². The third-order valence-electron chi connectivity index (χ3n) is 4.03. The predicted octanol–water partition coefficient (Wildman–Crippen LogP) is 4.23. The van der Waals surface area contributed by atoms with Gasteiger partial charge in [0.15, 0.2) is 5.78 Å². The lowest BCUT2D eigenvalue weighted by Crippen LogP contribution is -2.15. The fourth-order valence-electron chi connectivity index (χ4n) is 2.83. The molecule has 0 saturated heterocycles. The number of ketones is 1. The molecule has 0 amide bonds. The van der Waals surface area contributed by atoms with Gasteiger partial charge in [-0.25, -0.2) is 0 Å². The van der Waals surface area contributed by atoms with E-state index in [4.69, 9.17) is 4.74 Å². The van der Waals surface area contributed by atoms with Crippen LogP contribution < -0.4 is 4.74 Å². The molecule has 1 aliphatic rings. The Hall–Kier alpha value is -2.35. The number of hydrogen-bond acceptors (Lipinski definition) is 2. The molecule has 0 heterocycles. The molecule has 0 radical (unpaired) electrons. The topological polar surface area (TPSA) is 26.3 Å². The molecule has 21 heavy (non-hydrogen) atoms. The van der Waals surface area contributed by atoms with E-state index in [-0.39, 0.29) is 11.7 Å². The Morgan fingerprint density at radius 2 is 1.71 bits per heavy atom. The maximum atomic E-state index is 12.4. The summed E-state index contributed by atoms with van der Waals surface area (Å²) in [6, 6.07) is 17.9. The highest BCUT2D eigenvalue weighted by Gasteiger charge is 2.24. The Balaban J connectivity index is 1.82. The summed E-state index contributed by atoms with van der Waals surface area (Å²) in [5.74, 6) is 0.996. The summed E-state index contributed by atoms with van der Waals surface area (Å²) in [4.78, 5) is 12.4. The molecule has 0 spiro atoms. The smallest absolute Gasteiger partial charge is 0.163 e. The van der Waals surface area contributed by atoms with Crippen molar-refractivity contribution < 1.29 is 9.53 Å². The summed E-state index contributed by atoms with van der Waals surface area (Å²) in [5, 5.41) is 0. The zero-order chi connectivity index (χ0) is 14.7. The highest BCUT2D eigenvalue weighted by atomic mass is 16.5. The van der Waals surface area contributed by atoms with Crippen LogP contribution >= 0.6 is 0 Å². The van der Waals surface area contributed by atoms with Crippen LogP contribution in [0.3, 0.4) is 0 Å². The van der Waals surface area contributed by atoms with Crippen LogP contribution in [0.4, 0.5) is 0 Å². The second-order valence-corrected chi connectivity index (χ2v) is 5.30. The van der Waals surface area contributed by atoms with Gasteiger partial charge in [-0.05, 0) is 47.8 Å². The van der Waals surface area contributed by atoms with E-state index in [0.29, 0.717) is 0 Å². The van der Waals surface area contributed by atoms with E-state index in [0.717, 1.165) is 35.3 Å². The molecule has 1 aliphatic carbocycles. The van der Waals surface area contributed by atoms with Crippen LogP contribution in [0.2, 0.25) is 0 Å². The quantitative estimate of drug-likeness (QED) is 0.840. The standard InChI is InChI=1S/C19H18O2/c1-21-17-10-7-15(8-11-17)18-12-9-16(13-19(18)20)14-5-3-2-4-6-14/h2-8,10-11,13,18H,9,12H2,1H3/t18-/m0/s1. The van der Waals surface area contributed by atoms with E-state index in [1.165, 1.54) is 0 Å². The van der Waals surface area contributed by atoms with Crippen molar-refractivity contribution in [2.45, 2.75) is 18.8 Å². The Morgan fingerprint density at radius 3 is 2.33 bits per heavy atom. The molecule has 2 aromatic rings. The summed E-state index contributed by atoms with van der Waals surface area (Å²) >= 11 is 0. The highest BCUT2D eigenvalue weighted by Crippen LogP contribution is 2.34. The Kier molecular flexibility index (Phi) is 3.87. The van der Waals surface area contributed by atoms with Crippen LogP contribution in [0, 0.1) is 0 Å². The first kappa shape index (κ1) is 13.6. The number of ether oxygens (including phenoxy) is 1. The molecule has 0 unspecified atom stereocenters. The van der Waals surface area contributed by atoms with Crippen molar-refractivity contribution in [2.75, 3.05) is 7.11 Å². The van der Waals surface area contributed by atoms with Gasteiger partial charge < -0.3 is 4.74 Å². The minimum absolute atomic E-state index is 0.0247. The van der Waals surface area contributed by atoms with Gasteiger partial charge in [0.2, 0.25) is 0 Å². The van der Waals surface area contributed by atoms with E-state index in [1.807, 2.05) is 48.5 Å². The first-order valence-electron chi connectivity index (χ1n) is 7.22. The number of methoxy groups -OCH3 is 1. The van der Waals surface area contributed by atoms with Gasteiger partial charge in [0.1, 0.15) is 5.75 Å². The minimum Gasteiger partial charge on any atom is -0.497 e. The first-order valence-corrected chi connectivity index (χ1v) is 7.22. The zero-order valence-corrected chi connectivity index (χ0v) is 12.1.